The van der Waals surface area contributed by atoms with Crippen LogP contribution >= 0.6 is 0 Å². The first-order chi connectivity index (χ1) is 9.08. The fraction of sp³-hybridized carbons (Fsp3) is 0.308. The number of hydrogen-bond acceptors (Lipinski definition) is 5. The van der Waals surface area contributed by atoms with Crippen LogP contribution in [0.25, 0.3) is 0 Å². The number of nitriles is 1. The Morgan fingerprint density at radius 1 is 1.42 bits per heavy atom. The first-order valence-corrected chi connectivity index (χ1v) is 5.58. The lowest BCUT2D eigenvalue weighted by molar-refractivity contribution is -0.141. The third-order valence-corrected chi connectivity index (χ3v) is 2.32. The van der Waals surface area contributed by atoms with Crippen molar-refractivity contribution in [3.63, 3.8) is 0 Å². The molecule has 19 heavy (non-hydrogen) atoms. The summed E-state index contributed by atoms with van der Waals surface area (Å²) in [5, 5.41) is 11.3. The number of rotatable bonds is 5. The van der Waals surface area contributed by atoms with Gasteiger partial charge in [-0.15, -0.1) is 0 Å². The fourth-order valence-electron chi connectivity index (χ4n) is 1.28. The molecule has 0 saturated carbocycles. The number of esters is 1. The number of amides is 1. The first-order valence-electron chi connectivity index (χ1n) is 5.58. The van der Waals surface area contributed by atoms with Crippen LogP contribution in [0.5, 0.6) is 5.75 Å². The monoisotopic (exact) mass is 262 g/mol. The van der Waals surface area contributed by atoms with Crippen LogP contribution in [0, 0.1) is 11.3 Å². The number of nitrogens with one attached hydrogen (secondary N) is 1. The summed E-state index contributed by atoms with van der Waals surface area (Å²) in [4.78, 5) is 22.5. The Hall–Kier alpha value is -2.55. The van der Waals surface area contributed by atoms with Crippen molar-refractivity contribution in [1.82, 2.24) is 5.32 Å². The summed E-state index contributed by atoms with van der Waals surface area (Å²) >= 11 is 0. The maximum Gasteiger partial charge on any atom is 0.325 e. The van der Waals surface area contributed by atoms with Crippen molar-refractivity contribution in [3.8, 4) is 11.8 Å². The first kappa shape index (κ1) is 14.5. The Morgan fingerprint density at radius 3 is 2.74 bits per heavy atom. The average molecular weight is 262 g/mol. The number of methoxy groups -OCH3 is 1. The van der Waals surface area contributed by atoms with Crippen LogP contribution in [0.3, 0.4) is 0 Å². The number of carbonyl (C=O) groups is 2. The summed E-state index contributed by atoms with van der Waals surface area (Å²) in [5.74, 6) is -0.679. The summed E-state index contributed by atoms with van der Waals surface area (Å²) in [6, 6.07) is 8.57. The number of nitrogens with zero attached hydrogens (tertiary/aromatic N) is 1. The van der Waals surface area contributed by atoms with Crippen molar-refractivity contribution < 1.29 is 19.1 Å². The molecule has 0 fully saturated rings. The van der Waals surface area contributed by atoms with Crippen molar-refractivity contribution in [2.45, 2.75) is 13.0 Å². The predicted molar refractivity (Wildman–Crippen MR) is 66.3 cm³/mol. The molecule has 1 amide bonds. The van der Waals surface area contributed by atoms with Crippen molar-refractivity contribution in [3.05, 3.63) is 29.8 Å². The zero-order chi connectivity index (χ0) is 14.3. The third kappa shape index (κ3) is 4.32. The largest absolute Gasteiger partial charge is 0.480 e. The third-order valence-electron chi connectivity index (χ3n) is 2.32. The second-order valence-corrected chi connectivity index (χ2v) is 3.66. The van der Waals surface area contributed by atoms with Gasteiger partial charge in [0.2, 0.25) is 0 Å². The van der Waals surface area contributed by atoms with Crippen molar-refractivity contribution in [2.24, 2.45) is 0 Å². The minimum absolute atomic E-state index is 0.219. The van der Waals surface area contributed by atoms with Gasteiger partial charge in [0, 0.05) is 0 Å². The van der Waals surface area contributed by atoms with E-state index in [4.69, 9.17) is 10.00 Å². The van der Waals surface area contributed by atoms with E-state index in [1.807, 2.05) is 6.07 Å². The van der Waals surface area contributed by atoms with Crippen LogP contribution in [-0.4, -0.2) is 31.6 Å². The summed E-state index contributed by atoms with van der Waals surface area (Å²) in [7, 11) is 1.23. The average Bonchev–Trinajstić information content (AvgIpc) is 2.44. The van der Waals surface area contributed by atoms with Crippen LogP contribution in [0.4, 0.5) is 0 Å². The highest BCUT2D eigenvalue weighted by Gasteiger charge is 2.16. The van der Waals surface area contributed by atoms with Gasteiger partial charge in [-0.2, -0.15) is 5.26 Å². The molecule has 0 aromatic heterocycles. The fourth-order valence-corrected chi connectivity index (χ4v) is 1.28. The molecule has 0 spiro atoms. The Kier molecular flexibility index (Phi) is 5.35. The molecule has 0 heterocycles. The molecule has 1 aromatic rings. The number of ether oxygens (including phenoxy) is 2. The van der Waals surface area contributed by atoms with Gasteiger partial charge in [0.05, 0.1) is 12.7 Å². The lowest BCUT2D eigenvalue weighted by Gasteiger charge is -2.14. The molecule has 1 unspecified atom stereocenters. The van der Waals surface area contributed by atoms with Crippen LogP contribution in [0.1, 0.15) is 12.5 Å². The molecule has 0 aliphatic rings. The SMILES string of the molecule is COC(=O)CNC(=O)C(C)Oc1ccccc1C#N. The van der Waals surface area contributed by atoms with E-state index in [1.54, 1.807) is 24.3 Å². The zero-order valence-electron chi connectivity index (χ0n) is 10.7. The maximum atomic E-state index is 11.6. The molecule has 0 aliphatic carbocycles. The van der Waals surface area contributed by atoms with Crippen molar-refractivity contribution in [1.29, 1.82) is 5.26 Å². The van der Waals surface area contributed by atoms with Gasteiger partial charge in [0.25, 0.3) is 5.91 Å². The number of para-hydroxylation sites is 1. The van der Waals surface area contributed by atoms with Crippen LogP contribution in [0.2, 0.25) is 0 Å². The maximum absolute atomic E-state index is 11.6. The number of hydrogen-bond donors (Lipinski definition) is 1. The summed E-state index contributed by atoms with van der Waals surface area (Å²) in [5.41, 5.74) is 0.343. The molecule has 6 heteroatoms. The highest BCUT2D eigenvalue weighted by Crippen LogP contribution is 2.17. The Morgan fingerprint density at radius 2 is 2.11 bits per heavy atom. The van der Waals surface area contributed by atoms with E-state index < -0.39 is 18.0 Å². The molecule has 0 bridgehead atoms. The second-order valence-electron chi connectivity index (χ2n) is 3.66. The molecule has 1 aromatic carbocycles. The lowest BCUT2D eigenvalue weighted by Crippen LogP contribution is -2.39. The Balaban J connectivity index is 2.59. The highest BCUT2D eigenvalue weighted by molar-refractivity contribution is 5.84. The van der Waals surface area contributed by atoms with Gasteiger partial charge in [0.1, 0.15) is 18.4 Å². The standard InChI is InChI=1S/C13H14N2O4/c1-9(13(17)15-8-12(16)18-2)19-11-6-4-3-5-10(11)7-14/h3-6,9H,8H2,1-2H3,(H,15,17). The summed E-state index contributed by atoms with van der Waals surface area (Å²) in [6.45, 7) is 1.31. The quantitative estimate of drug-likeness (QED) is 0.785. The van der Waals surface area contributed by atoms with E-state index >= 15 is 0 Å². The van der Waals surface area contributed by atoms with Gasteiger partial charge >= 0.3 is 5.97 Å². The molecule has 6 nitrogen and oxygen atoms in total. The normalized spacial score (nSPS) is 11.0. The highest BCUT2D eigenvalue weighted by atomic mass is 16.5. The van der Waals surface area contributed by atoms with Gasteiger partial charge < -0.3 is 14.8 Å². The van der Waals surface area contributed by atoms with Gasteiger partial charge in [-0.05, 0) is 19.1 Å². The van der Waals surface area contributed by atoms with Crippen LogP contribution in [0.15, 0.2) is 24.3 Å². The Labute approximate surface area is 110 Å². The minimum Gasteiger partial charge on any atom is -0.480 e. The molecular formula is C13H14N2O4. The molecule has 1 atom stereocenters. The molecule has 1 rings (SSSR count). The van der Waals surface area contributed by atoms with Gasteiger partial charge in [-0.1, -0.05) is 12.1 Å². The second kappa shape index (κ2) is 7.01. The van der Waals surface area contributed by atoms with Gasteiger partial charge in [0.15, 0.2) is 6.10 Å². The predicted octanol–water partition coefficient (Wildman–Crippen LogP) is 0.615. The lowest BCUT2D eigenvalue weighted by atomic mass is 10.2. The van der Waals surface area contributed by atoms with E-state index in [0.29, 0.717) is 11.3 Å². The summed E-state index contributed by atoms with van der Waals surface area (Å²) < 4.78 is 9.78. The topological polar surface area (TPSA) is 88.4 Å². The Bertz CT molecular complexity index is 508. The smallest absolute Gasteiger partial charge is 0.325 e. The number of carbonyl (C=O) groups excluding carboxylic acids is 2. The molecule has 100 valence electrons. The van der Waals surface area contributed by atoms with E-state index in [0.717, 1.165) is 0 Å². The van der Waals surface area contributed by atoms with Crippen LogP contribution < -0.4 is 10.1 Å². The van der Waals surface area contributed by atoms with Crippen LogP contribution in [-0.2, 0) is 14.3 Å². The van der Waals surface area contributed by atoms with Crippen molar-refractivity contribution >= 4 is 11.9 Å². The van der Waals surface area contributed by atoms with Gasteiger partial charge in [-0.3, -0.25) is 9.59 Å². The molecule has 0 radical (unpaired) electrons. The van der Waals surface area contributed by atoms with Gasteiger partial charge in [-0.25, -0.2) is 0 Å². The molecular weight excluding hydrogens is 248 g/mol. The van der Waals surface area contributed by atoms with E-state index in [1.165, 1.54) is 14.0 Å². The zero-order valence-corrected chi connectivity index (χ0v) is 10.7. The van der Waals surface area contributed by atoms with E-state index in [9.17, 15) is 9.59 Å². The van der Waals surface area contributed by atoms with E-state index in [-0.39, 0.29) is 6.54 Å². The molecule has 0 saturated heterocycles. The summed E-state index contributed by atoms with van der Waals surface area (Å²) in [6.07, 6.45) is -0.820. The molecule has 0 aliphatic heterocycles. The number of benzene rings is 1. The van der Waals surface area contributed by atoms with E-state index in [2.05, 4.69) is 10.1 Å². The molecule has 1 N–H and O–H groups in total. The van der Waals surface area contributed by atoms with Crippen molar-refractivity contribution in [2.75, 3.05) is 13.7 Å². The minimum atomic E-state index is -0.820.